The summed E-state index contributed by atoms with van der Waals surface area (Å²) < 4.78 is 2.22. The molecule has 4 nitrogen and oxygen atoms in total. The number of hydrogen-bond donors (Lipinski definition) is 1. The summed E-state index contributed by atoms with van der Waals surface area (Å²) in [5.41, 5.74) is 11.4. The minimum absolute atomic E-state index is 0.105. The van der Waals surface area contributed by atoms with E-state index in [0.29, 0.717) is 21.7 Å². The maximum absolute atomic E-state index is 6.36. The van der Waals surface area contributed by atoms with Crippen LogP contribution in [0.2, 0.25) is 10.0 Å². The minimum Gasteiger partial charge on any atom is -0.383 e. The third kappa shape index (κ3) is 3.03. The van der Waals surface area contributed by atoms with Crippen molar-refractivity contribution in [3.8, 4) is 11.4 Å². The van der Waals surface area contributed by atoms with Crippen molar-refractivity contribution in [2.24, 2.45) is 0 Å². The summed E-state index contributed by atoms with van der Waals surface area (Å²) in [6.07, 6.45) is 0. The Morgan fingerprint density at radius 2 is 1.68 bits per heavy atom. The van der Waals surface area contributed by atoms with Crippen molar-refractivity contribution in [2.45, 2.75) is 26.8 Å². The van der Waals surface area contributed by atoms with Crippen LogP contribution in [0.4, 0.5) is 5.82 Å². The molecule has 0 saturated heterocycles. The van der Waals surface area contributed by atoms with E-state index in [2.05, 4.69) is 42.5 Å². The number of hydrogen-bond acceptors (Lipinski definition) is 3. The highest BCUT2D eigenvalue weighted by atomic mass is 35.5. The molecule has 0 amide bonds. The van der Waals surface area contributed by atoms with Crippen LogP contribution in [0.25, 0.3) is 22.4 Å². The van der Waals surface area contributed by atoms with E-state index >= 15 is 0 Å². The molecule has 2 aromatic carbocycles. The highest BCUT2D eigenvalue weighted by molar-refractivity contribution is 6.42. The number of anilines is 1. The quantitative estimate of drug-likeness (QED) is 0.436. The second-order valence-electron chi connectivity index (χ2n) is 6.93. The normalized spacial score (nSPS) is 12.5. The molecular weight excluding hydrogens is 391 g/mol. The monoisotopic (exact) mass is 410 g/mol. The van der Waals surface area contributed by atoms with Gasteiger partial charge in [-0.25, -0.2) is 9.97 Å². The molecule has 0 aliphatic carbocycles. The molecule has 2 heterocycles. The summed E-state index contributed by atoms with van der Waals surface area (Å²) in [4.78, 5) is 9.42. The molecule has 0 bridgehead atoms. The van der Waals surface area contributed by atoms with Crippen LogP contribution in [-0.4, -0.2) is 14.5 Å². The van der Waals surface area contributed by atoms with E-state index in [9.17, 15) is 0 Å². The standard InChI is InChI=1S/C22H20Cl2N4/c1-12-13(2)28(14(3)15-7-5-4-6-8-15)22-19(12)20(25)26-21(27-22)16-9-10-17(23)18(24)11-16/h4-11,14H,1-3H3,(H2,25,26,27)/t14-/m0/s1. The van der Waals surface area contributed by atoms with E-state index in [4.69, 9.17) is 33.9 Å². The van der Waals surface area contributed by atoms with E-state index in [-0.39, 0.29) is 6.04 Å². The molecule has 0 aliphatic rings. The molecule has 142 valence electrons. The van der Waals surface area contributed by atoms with Crippen LogP contribution in [0.15, 0.2) is 48.5 Å². The molecule has 0 radical (unpaired) electrons. The molecule has 28 heavy (non-hydrogen) atoms. The fraction of sp³-hybridized carbons (Fsp3) is 0.182. The Bertz CT molecular complexity index is 1180. The molecule has 2 N–H and O–H groups in total. The van der Waals surface area contributed by atoms with Crippen molar-refractivity contribution in [2.75, 3.05) is 5.73 Å². The van der Waals surface area contributed by atoms with Gasteiger partial charge in [-0.2, -0.15) is 0 Å². The Hall–Kier alpha value is -2.56. The molecule has 0 spiro atoms. The van der Waals surface area contributed by atoms with Crippen molar-refractivity contribution < 1.29 is 0 Å². The van der Waals surface area contributed by atoms with Gasteiger partial charge in [0.25, 0.3) is 0 Å². The Kier molecular flexibility index (Phi) is 4.77. The number of rotatable bonds is 3. The minimum atomic E-state index is 0.105. The summed E-state index contributed by atoms with van der Waals surface area (Å²) in [7, 11) is 0. The van der Waals surface area contributed by atoms with Crippen molar-refractivity contribution in [3.05, 3.63) is 75.4 Å². The van der Waals surface area contributed by atoms with Gasteiger partial charge in [0, 0.05) is 11.3 Å². The lowest BCUT2D eigenvalue weighted by atomic mass is 10.1. The Morgan fingerprint density at radius 3 is 2.36 bits per heavy atom. The maximum atomic E-state index is 6.36. The van der Waals surface area contributed by atoms with Crippen molar-refractivity contribution >= 4 is 40.1 Å². The fourth-order valence-corrected chi connectivity index (χ4v) is 3.94. The molecule has 1 atom stereocenters. The first-order valence-corrected chi connectivity index (χ1v) is 9.79. The second-order valence-corrected chi connectivity index (χ2v) is 7.74. The van der Waals surface area contributed by atoms with E-state index in [1.165, 1.54) is 5.56 Å². The SMILES string of the molecule is Cc1c(C)n([C@@H](C)c2ccccc2)c2nc(-c3ccc(Cl)c(Cl)c3)nc(N)c12. The zero-order valence-corrected chi connectivity index (χ0v) is 17.4. The number of nitrogens with two attached hydrogens (primary N) is 1. The molecule has 0 aliphatic heterocycles. The Balaban J connectivity index is 1.97. The van der Waals surface area contributed by atoms with Crippen LogP contribution in [0, 0.1) is 13.8 Å². The summed E-state index contributed by atoms with van der Waals surface area (Å²) >= 11 is 12.2. The third-order valence-corrected chi connectivity index (χ3v) is 6.01. The van der Waals surface area contributed by atoms with Crippen LogP contribution in [0.1, 0.15) is 29.8 Å². The number of halogens is 2. The maximum Gasteiger partial charge on any atom is 0.163 e. The number of nitrogens with zero attached hydrogens (tertiary/aromatic N) is 3. The van der Waals surface area contributed by atoms with Crippen LogP contribution >= 0.6 is 23.2 Å². The van der Waals surface area contributed by atoms with Gasteiger partial charge in [-0.05, 0) is 50.1 Å². The lowest BCUT2D eigenvalue weighted by Crippen LogP contribution is -2.10. The topological polar surface area (TPSA) is 56.7 Å². The van der Waals surface area contributed by atoms with E-state index < -0.39 is 0 Å². The Morgan fingerprint density at radius 1 is 0.964 bits per heavy atom. The van der Waals surface area contributed by atoms with Crippen LogP contribution in [-0.2, 0) is 0 Å². The van der Waals surface area contributed by atoms with Crippen molar-refractivity contribution in [1.29, 1.82) is 0 Å². The first kappa shape index (κ1) is 18.8. The van der Waals surface area contributed by atoms with Crippen LogP contribution < -0.4 is 5.73 Å². The van der Waals surface area contributed by atoms with E-state index in [0.717, 1.165) is 27.9 Å². The molecule has 4 aromatic rings. The van der Waals surface area contributed by atoms with E-state index in [1.54, 1.807) is 12.1 Å². The number of nitrogen functional groups attached to an aromatic ring is 1. The summed E-state index contributed by atoms with van der Waals surface area (Å²) in [5.74, 6) is 0.994. The first-order chi connectivity index (χ1) is 13.4. The molecule has 6 heteroatoms. The molecule has 4 rings (SSSR count). The van der Waals surface area contributed by atoms with Crippen LogP contribution in [0.5, 0.6) is 0 Å². The van der Waals surface area contributed by atoms with Gasteiger partial charge in [-0.1, -0.05) is 53.5 Å². The second kappa shape index (κ2) is 7.12. The summed E-state index contributed by atoms with van der Waals surface area (Å²) in [6, 6.07) is 15.8. The van der Waals surface area contributed by atoms with Gasteiger partial charge in [0.2, 0.25) is 0 Å². The largest absolute Gasteiger partial charge is 0.383 e. The molecule has 0 saturated carbocycles. The summed E-state index contributed by atoms with van der Waals surface area (Å²) in [6.45, 7) is 6.32. The lowest BCUT2D eigenvalue weighted by Gasteiger charge is -2.18. The average molecular weight is 411 g/mol. The van der Waals surface area contributed by atoms with Gasteiger partial charge in [-0.15, -0.1) is 0 Å². The van der Waals surface area contributed by atoms with Gasteiger partial charge in [0.1, 0.15) is 11.5 Å². The molecule has 0 unspecified atom stereocenters. The number of benzene rings is 2. The number of fused-ring (bicyclic) bond motifs is 1. The predicted octanol–water partition coefficient (Wildman–Crippen LogP) is 6.21. The first-order valence-electron chi connectivity index (χ1n) is 9.03. The third-order valence-electron chi connectivity index (χ3n) is 5.27. The van der Waals surface area contributed by atoms with E-state index in [1.807, 2.05) is 24.3 Å². The van der Waals surface area contributed by atoms with Gasteiger partial charge in [0.15, 0.2) is 5.82 Å². The molecule has 2 aromatic heterocycles. The summed E-state index contributed by atoms with van der Waals surface area (Å²) in [5, 5.41) is 1.85. The molecular formula is C22H20Cl2N4. The average Bonchev–Trinajstić information content (AvgIpc) is 2.95. The number of aromatic nitrogens is 3. The smallest absolute Gasteiger partial charge is 0.163 e. The van der Waals surface area contributed by atoms with Gasteiger partial charge < -0.3 is 10.3 Å². The van der Waals surface area contributed by atoms with Gasteiger partial charge >= 0.3 is 0 Å². The predicted molar refractivity (Wildman–Crippen MR) is 117 cm³/mol. The number of aryl methyl sites for hydroxylation is 1. The zero-order chi connectivity index (χ0) is 20.0. The Labute approximate surface area is 173 Å². The van der Waals surface area contributed by atoms with Crippen molar-refractivity contribution in [1.82, 2.24) is 14.5 Å². The highest BCUT2D eigenvalue weighted by Crippen LogP contribution is 2.35. The van der Waals surface area contributed by atoms with Gasteiger partial charge in [-0.3, -0.25) is 0 Å². The fourth-order valence-electron chi connectivity index (χ4n) is 3.64. The zero-order valence-electron chi connectivity index (χ0n) is 15.9. The molecule has 0 fully saturated rings. The highest BCUT2D eigenvalue weighted by Gasteiger charge is 2.21. The van der Waals surface area contributed by atoms with Gasteiger partial charge in [0.05, 0.1) is 21.5 Å². The lowest BCUT2D eigenvalue weighted by molar-refractivity contribution is 0.639. The van der Waals surface area contributed by atoms with Crippen molar-refractivity contribution in [3.63, 3.8) is 0 Å². The van der Waals surface area contributed by atoms with Crippen LogP contribution in [0.3, 0.4) is 0 Å².